The predicted octanol–water partition coefficient (Wildman–Crippen LogP) is 2.12. The van der Waals surface area contributed by atoms with E-state index in [-0.39, 0.29) is 22.1 Å². The first kappa shape index (κ1) is 10.2. The van der Waals surface area contributed by atoms with E-state index < -0.39 is 5.51 Å². The van der Waals surface area contributed by atoms with E-state index in [1.807, 2.05) is 0 Å². The lowest BCUT2D eigenvalue weighted by Crippen LogP contribution is -2.14. The molecule has 6 heteroatoms. The summed E-state index contributed by atoms with van der Waals surface area (Å²) in [6.45, 7) is 0. The van der Waals surface area contributed by atoms with Crippen molar-refractivity contribution in [3.8, 4) is 0 Å². The maximum Gasteiger partial charge on any atom is 0.446 e. The van der Waals surface area contributed by atoms with Crippen molar-refractivity contribution in [2.24, 2.45) is 7.05 Å². The Hall–Kier alpha value is -0.910. The molecule has 72 valence electrons. The summed E-state index contributed by atoms with van der Waals surface area (Å²) in [5, 5.41) is 7.22. The van der Waals surface area contributed by atoms with Crippen LogP contribution in [0.4, 0.5) is 13.2 Å². The van der Waals surface area contributed by atoms with Crippen molar-refractivity contribution < 1.29 is 13.2 Å². The topological polar surface area (TPSA) is 28.8 Å². The molecule has 0 saturated carbocycles. The highest BCUT2D eigenvalue weighted by Gasteiger charge is 2.29. The van der Waals surface area contributed by atoms with E-state index in [1.165, 1.54) is 29.9 Å². The van der Waals surface area contributed by atoms with Gasteiger partial charge in [-0.3, -0.25) is 5.41 Å². The summed E-state index contributed by atoms with van der Waals surface area (Å²) in [7, 11) is 1.53. The number of nitrogens with zero attached hydrogens (tertiary/aromatic N) is 1. The van der Waals surface area contributed by atoms with Crippen LogP contribution in [-0.4, -0.2) is 10.1 Å². The third-order valence-corrected chi connectivity index (χ3v) is 2.05. The number of nitrogens with one attached hydrogen (secondary N) is 1. The molecular formula is C7H7F3N2S. The van der Waals surface area contributed by atoms with Crippen molar-refractivity contribution in [2.75, 3.05) is 0 Å². The van der Waals surface area contributed by atoms with Gasteiger partial charge in [-0.2, -0.15) is 13.2 Å². The van der Waals surface area contributed by atoms with E-state index in [0.717, 1.165) is 0 Å². The first-order valence-corrected chi connectivity index (χ1v) is 4.17. The van der Waals surface area contributed by atoms with Gasteiger partial charge in [0.15, 0.2) is 0 Å². The Morgan fingerprint density at radius 2 is 2.00 bits per heavy atom. The van der Waals surface area contributed by atoms with Gasteiger partial charge in [0.05, 0.1) is 0 Å². The summed E-state index contributed by atoms with van der Waals surface area (Å²) >= 11 is -0.181. The van der Waals surface area contributed by atoms with Gasteiger partial charge < -0.3 is 4.57 Å². The summed E-state index contributed by atoms with van der Waals surface area (Å²) in [6, 6.07) is 2.61. The van der Waals surface area contributed by atoms with Crippen molar-refractivity contribution in [1.82, 2.24) is 4.57 Å². The zero-order valence-corrected chi connectivity index (χ0v) is 7.54. The number of aromatic nitrogens is 1. The van der Waals surface area contributed by atoms with E-state index in [9.17, 15) is 13.2 Å². The molecule has 0 unspecified atom stereocenters. The van der Waals surface area contributed by atoms with Gasteiger partial charge in [0.2, 0.25) is 0 Å². The van der Waals surface area contributed by atoms with Crippen molar-refractivity contribution in [2.45, 2.75) is 10.4 Å². The number of pyridine rings is 1. The van der Waals surface area contributed by atoms with E-state index in [2.05, 4.69) is 0 Å². The first-order valence-electron chi connectivity index (χ1n) is 3.35. The Morgan fingerprint density at radius 3 is 2.46 bits per heavy atom. The van der Waals surface area contributed by atoms with E-state index >= 15 is 0 Å². The Kier molecular flexibility index (Phi) is 2.70. The van der Waals surface area contributed by atoms with E-state index in [0.29, 0.717) is 0 Å². The average Bonchev–Trinajstić information content (AvgIpc) is 1.94. The summed E-state index contributed by atoms with van der Waals surface area (Å²) in [4.78, 5) is 0.0889. The molecule has 0 aliphatic heterocycles. The van der Waals surface area contributed by atoms with Gasteiger partial charge in [-0.25, -0.2) is 0 Å². The Balaban J connectivity index is 2.92. The monoisotopic (exact) mass is 208 g/mol. The fourth-order valence-electron chi connectivity index (χ4n) is 0.776. The fourth-order valence-corrected chi connectivity index (χ4v) is 1.39. The lowest BCUT2D eigenvalue weighted by Gasteiger charge is -2.06. The molecule has 0 aliphatic rings. The molecule has 0 aliphatic carbocycles. The molecule has 0 spiro atoms. The van der Waals surface area contributed by atoms with Gasteiger partial charge in [0.1, 0.15) is 5.49 Å². The molecule has 1 heterocycles. The predicted molar refractivity (Wildman–Crippen MR) is 43.2 cm³/mol. The molecule has 13 heavy (non-hydrogen) atoms. The standard InChI is InChI=1S/C7H7F3N2S/c1-12-4-5(2-3-6(12)11)13-7(8,9)10/h2-4,11H,1H3. The number of aryl methyl sites for hydroxylation is 1. The normalized spacial score (nSPS) is 11.7. The summed E-state index contributed by atoms with van der Waals surface area (Å²) < 4.78 is 37.0. The largest absolute Gasteiger partial charge is 0.446 e. The molecule has 0 fully saturated rings. The van der Waals surface area contributed by atoms with Crippen LogP contribution in [0, 0.1) is 5.41 Å². The molecule has 1 rings (SSSR count). The fraction of sp³-hybridized carbons (Fsp3) is 0.286. The van der Waals surface area contributed by atoms with Crippen LogP contribution in [0.5, 0.6) is 0 Å². The van der Waals surface area contributed by atoms with E-state index in [1.54, 1.807) is 0 Å². The molecule has 0 radical (unpaired) electrons. The average molecular weight is 208 g/mol. The van der Waals surface area contributed by atoms with Crippen LogP contribution in [0.15, 0.2) is 23.2 Å². The second kappa shape index (κ2) is 3.45. The second-order valence-electron chi connectivity index (χ2n) is 2.41. The Morgan fingerprint density at radius 1 is 1.38 bits per heavy atom. The summed E-state index contributed by atoms with van der Waals surface area (Å²) in [6.07, 6.45) is 1.28. The van der Waals surface area contributed by atoms with Gasteiger partial charge in [-0.1, -0.05) is 0 Å². The molecule has 1 aromatic rings. The van der Waals surface area contributed by atoms with Crippen molar-refractivity contribution in [3.05, 3.63) is 23.8 Å². The zero-order chi connectivity index (χ0) is 10.1. The molecule has 0 atom stereocenters. The van der Waals surface area contributed by atoms with E-state index in [4.69, 9.17) is 5.41 Å². The van der Waals surface area contributed by atoms with Crippen LogP contribution in [0.25, 0.3) is 0 Å². The molecule has 0 aromatic carbocycles. The van der Waals surface area contributed by atoms with Gasteiger partial charge in [-0.15, -0.1) is 0 Å². The first-order chi connectivity index (χ1) is 5.88. The maximum absolute atomic E-state index is 11.9. The number of alkyl halides is 3. The molecule has 0 saturated heterocycles. The highest BCUT2D eigenvalue weighted by atomic mass is 32.2. The van der Waals surface area contributed by atoms with Crippen LogP contribution >= 0.6 is 11.8 Å². The van der Waals surface area contributed by atoms with Crippen LogP contribution < -0.4 is 5.49 Å². The van der Waals surface area contributed by atoms with Crippen LogP contribution in [0.3, 0.4) is 0 Å². The lowest BCUT2D eigenvalue weighted by atomic mass is 10.5. The quantitative estimate of drug-likeness (QED) is 0.703. The molecule has 0 bridgehead atoms. The molecule has 0 amide bonds. The SMILES string of the molecule is Cn1cc(SC(F)(F)F)ccc1=N. The summed E-state index contributed by atoms with van der Waals surface area (Å²) in [5.74, 6) is 0. The number of hydrogen-bond acceptors (Lipinski definition) is 2. The van der Waals surface area contributed by atoms with Gasteiger partial charge in [-0.05, 0) is 23.9 Å². The summed E-state index contributed by atoms with van der Waals surface area (Å²) in [5.41, 5.74) is -4.09. The van der Waals surface area contributed by atoms with Gasteiger partial charge >= 0.3 is 5.51 Å². The molecule has 1 N–H and O–H groups in total. The molecule has 1 aromatic heterocycles. The molecular weight excluding hydrogens is 201 g/mol. The number of halogens is 3. The zero-order valence-electron chi connectivity index (χ0n) is 6.72. The highest BCUT2D eigenvalue weighted by Crippen LogP contribution is 2.35. The second-order valence-corrected chi connectivity index (χ2v) is 3.55. The van der Waals surface area contributed by atoms with Crippen LogP contribution in [0.2, 0.25) is 0 Å². The smallest absolute Gasteiger partial charge is 0.335 e. The number of hydrogen-bond donors (Lipinski definition) is 1. The van der Waals surface area contributed by atoms with Crippen molar-refractivity contribution >= 4 is 11.8 Å². The minimum atomic E-state index is -4.27. The minimum absolute atomic E-state index is 0.0889. The minimum Gasteiger partial charge on any atom is -0.335 e. The number of thioether (sulfide) groups is 1. The Bertz CT molecular complexity index is 355. The van der Waals surface area contributed by atoms with Gasteiger partial charge in [0.25, 0.3) is 0 Å². The highest BCUT2D eigenvalue weighted by molar-refractivity contribution is 8.00. The Labute approximate surface area is 76.9 Å². The van der Waals surface area contributed by atoms with Crippen molar-refractivity contribution in [1.29, 1.82) is 5.41 Å². The maximum atomic E-state index is 11.9. The third-order valence-electron chi connectivity index (χ3n) is 1.34. The van der Waals surface area contributed by atoms with Gasteiger partial charge in [0, 0.05) is 18.1 Å². The van der Waals surface area contributed by atoms with Crippen molar-refractivity contribution in [3.63, 3.8) is 0 Å². The lowest BCUT2D eigenvalue weighted by molar-refractivity contribution is -0.0328. The third kappa shape index (κ3) is 3.14. The molecule has 2 nitrogen and oxygen atoms in total. The van der Waals surface area contributed by atoms with Crippen LogP contribution in [0.1, 0.15) is 0 Å². The number of rotatable bonds is 1. The van der Waals surface area contributed by atoms with Crippen LogP contribution in [-0.2, 0) is 7.05 Å².